The zero-order valence-electron chi connectivity index (χ0n) is 20.2. The van der Waals surface area contributed by atoms with Crippen molar-refractivity contribution in [1.29, 1.82) is 0 Å². The molecule has 0 saturated heterocycles. The lowest BCUT2D eigenvalue weighted by atomic mass is 9.95. The third-order valence-corrected chi connectivity index (χ3v) is 7.46. The lowest BCUT2D eigenvalue weighted by Crippen LogP contribution is -2.18. The van der Waals surface area contributed by atoms with Gasteiger partial charge in [-0.15, -0.1) is 11.3 Å². The summed E-state index contributed by atoms with van der Waals surface area (Å²) in [5, 5.41) is 4.42. The molecule has 2 aromatic heterocycles. The predicted molar refractivity (Wildman–Crippen MR) is 141 cm³/mol. The van der Waals surface area contributed by atoms with Crippen LogP contribution in [0.5, 0.6) is 0 Å². The Morgan fingerprint density at radius 3 is 2.54 bits per heavy atom. The van der Waals surface area contributed by atoms with E-state index in [4.69, 9.17) is 9.72 Å². The summed E-state index contributed by atoms with van der Waals surface area (Å²) in [6.07, 6.45) is 3.65. The second kappa shape index (κ2) is 9.62. The normalized spacial score (nSPS) is 13.0. The smallest absolute Gasteiger partial charge is 0.341 e. The van der Waals surface area contributed by atoms with Gasteiger partial charge in [-0.3, -0.25) is 4.79 Å². The van der Waals surface area contributed by atoms with Gasteiger partial charge >= 0.3 is 5.97 Å². The number of amides is 1. The number of nitrogens with zero attached hydrogens (tertiary/aromatic N) is 1. The second-order valence-corrected chi connectivity index (χ2v) is 10.4. The molecule has 1 aliphatic rings. The van der Waals surface area contributed by atoms with Crippen molar-refractivity contribution in [1.82, 2.24) is 4.98 Å². The van der Waals surface area contributed by atoms with Crippen LogP contribution in [0.4, 0.5) is 5.00 Å². The van der Waals surface area contributed by atoms with Crippen LogP contribution in [0.15, 0.2) is 54.6 Å². The summed E-state index contributed by atoms with van der Waals surface area (Å²) >= 11 is 1.50. The topological polar surface area (TPSA) is 68.3 Å². The molecule has 0 radical (unpaired) electrons. The maximum atomic E-state index is 13.7. The van der Waals surface area contributed by atoms with Crippen molar-refractivity contribution in [3.8, 4) is 11.3 Å². The van der Waals surface area contributed by atoms with E-state index < -0.39 is 0 Å². The molecular formula is C29H28N2O3S. The molecular weight excluding hydrogens is 456 g/mol. The summed E-state index contributed by atoms with van der Waals surface area (Å²) in [5.74, 6) is -0.621. The molecule has 0 spiro atoms. The lowest BCUT2D eigenvalue weighted by Gasteiger charge is -2.14. The molecule has 2 aromatic carbocycles. The first-order valence-corrected chi connectivity index (χ1v) is 12.9. The minimum atomic E-state index is -0.366. The van der Waals surface area contributed by atoms with Crippen LogP contribution >= 0.6 is 11.3 Å². The van der Waals surface area contributed by atoms with Gasteiger partial charge in [-0.2, -0.15) is 0 Å². The van der Waals surface area contributed by atoms with Crippen molar-refractivity contribution in [3.63, 3.8) is 0 Å². The van der Waals surface area contributed by atoms with Crippen LogP contribution in [0.25, 0.3) is 22.2 Å². The number of hydrogen-bond acceptors (Lipinski definition) is 5. The van der Waals surface area contributed by atoms with E-state index in [1.165, 1.54) is 16.2 Å². The zero-order valence-corrected chi connectivity index (χ0v) is 21.0. The molecule has 5 rings (SSSR count). The van der Waals surface area contributed by atoms with E-state index in [0.717, 1.165) is 59.0 Å². The Morgan fingerprint density at radius 1 is 1.03 bits per heavy atom. The van der Waals surface area contributed by atoms with Gasteiger partial charge in [0, 0.05) is 15.8 Å². The number of carbonyl (C=O) groups excluding carboxylic acids is 2. The number of thiophene rings is 1. The van der Waals surface area contributed by atoms with Gasteiger partial charge in [0.15, 0.2) is 0 Å². The highest BCUT2D eigenvalue weighted by molar-refractivity contribution is 7.17. The van der Waals surface area contributed by atoms with Crippen molar-refractivity contribution in [2.24, 2.45) is 0 Å². The summed E-state index contributed by atoms with van der Waals surface area (Å²) in [6.45, 7) is 5.72. The number of hydrogen-bond donors (Lipinski definition) is 1. The number of aryl methyl sites for hydroxylation is 2. The molecule has 0 bridgehead atoms. The van der Waals surface area contributed by atoms with Gasteiger partial charge in [-0.25, -0.2) is 9.78 Å². The Bertz CT molecular complexity index is 1420. The summed E-state index contributed by atoms with van der Waals surface area (Å²) in [4.78, 5) is 32.7. The average Bonchev–Trinajstić information content (AvgIpc) is 3.21. The number of aromatic nitrogens is 1. The Hall–Kier alpha value is -3.51. The third-order valence-electron chi connectivity index (χ3n) is 6.25. The first kappa shape index (κ1) is 23.2. The Kier molecular flexibility index (Phi) is 6.39. The molecule has 0 saturated carbocycles. The van der Waals surface area contributed by atoms with E-state index in [1.54, 1.807) is 0 Å². The van der Waals surface area contributed by atoms with Gasteiger partial charge in [0.2, 0.25) is 0 Å². The predicted octanol–water partition coefficient (Wildman–Crippen LogP) is 6.97. The van der Waals surface area contributed by atoms with Crippen LogP contribution in [-0.2, 0) is 17.6 Å². The Morgan fingerprint density at radius 2 is 1.77 bits per heavy atom. The zero-order chi connectivity index (χ0) is 24.5. The molecule has 35 heavy (non-hydrogen) atoms. The Balaban J connectivity index is 1.57. The fourth-order valence-electron chi connectivity index (χ4n) is 4.55. The number of esters is 1. The minimum absolute atomic E-state index is 0.230. The first-order chi connectivity index (χ1) is 16.9. The van der Waals surface area contributed by atoms with Crippen molar-refractivity contribution in [2.45, 2.75) is 52.6 Å². The van der Waals surface area contributed by atoms with Crippen molar-refractivity contribution >= 4 is 39.1 Å². The van der Waals surface area contributed by atoms with E-state index in [2.05, 4.69) is 5.32 Å². The molecule has 0 fully saturated rings. The summed E-state index contributed by atoms with van der Waals surface area (Å²) in [7, 11) is 0. The number of pyridine rings is 1. The highest BCUT2D eigenvalue weighted by Gasteiger charge is 2.28. The number of rotatable bonds is 5. The van der Waals surface area contributed by atoms with Gasteiger partial charge in [-0.05, 0) is 64.2 Å². The number of fused-ring (bicyclic) bond motifs is 2. The Labute approximate surface area is 209 Å². The maximum Gasteiger partial charge on any atom is 0.341 e. The van der Waals surface area contributed by atoms with Crippen LogP contribution in [0.1, 0.15) is 63.4 Å². The van der Waals surface area contributed by atoms with E-state index in [-0.39, 0.29) is 18.0 Å². The molecule has 4 aromatic rings. The fraction of sp³-hybridized carbons (Fsp3) is 0.276. The van der Waals surface area contributed by atoms with Crippen LogP contribution in [0.3, 0.4) is 0 Å². The van der Waals surface area contributed by atoms with Crippen LogP contribution < -0.4 is 5.32 Å². The number of anilines is 1. The monoisotopic (exact) mass is 484 g/mol. The molecule has 0 atom stereocenters. The van der Waals surface area contributed by atoms with Crippen molar-refractivity contribution in [3.05, 3.63) is 81.7 Å². The van der Waals surface area contributed by atoms with Crippen LogP contribution in [0, 0.1) is 6.92 Å². The van der Waals surface area contributed by atoms with Crippen molar-refractivity contribution in [2.75, 3.05) is 5.32 Å². The molecule has 178 valence electrons. The number of carbonyl (C=O) groups is 2. The molecule has 0 aliphatic heterocycles. The van der Waals surface area contributed by atoms with Gasteiger partial charge in [-0.1, -0.05) is 48.0 Å². The number of ether oxygens (including phenoxy) is 1. The standard InChI is InChI=1S/C29H28N2O3S/c1-17(2)34-29(33)26-21-9-5-7-11-25(21)35-28(26)31-27(32)22-16-24(19-14-12-18(3)13-15-19)30-23-10-6-4-8-20(22)23/h4,6,8,10,12-17H,5,7,9,11H2,1-3H3,(H,31,32). The molecule has 2 heterocycles. The number of benzene rings is 2. The van der Waals surface area contributed by atoms with Gasteiger partial charge in [0.1, 0.15) is 5.00 Å². The van der Waals surface area contributed by atoms with E-state index in [1.807, 2.05) is 75.4 Å². The maximum absolute atomic E-state index is 13.7. The average molecular weight is 485 g/mol. The summed E-state index contributed by atoms with van der Waals surface area (Å²) in [6, 6.07) is 17.6. The number of nitrogens with one attached hydrogen (secondary N) is 1. The molecule has 5 nitrogen and oxygen atoms in total. The highest BCUT2D eigenvalue weighted by Crippen LogP contribution is 2.39. The van der Waals surface area contributed by atoms with E-state index in [0.29, 0.717) is 16.1 Å². The quantitative estimate of drug-likeness (QED) is 0.311. The van der Waals surface area contributed by atoms with Gasteiger partial charge in [0.05, 0.1) is 28.4 Å². The number of para-hydroxylation sites is 1. The van der Waals surface area contributed by atoms with Crippen LogP contribution in [-0.4, -0.2) is 23.0 Å². The van der Waals surface area contributed by atoms with Gasteiger partial charge < -0.3 is 10.1 Å². The molecule has 6 heteroatoms. The fourth-order valence-corrected chi connectivity index (χ4v) is 5.82. The summed E-state index contributed by atoms with van der Waals surface area (Å²) in [5.41, 5.74) is 5.67. The highest BCUT2D eigenvalue weighted by atomic mass is 32.1. The molecule has 1 amide bonds. The van der Waals surface area contributed by atoms with Gasteiger partial charge in [0.25, 0.3) is 5.91 Å². The van der Waals surface area contributed by atoms with Crippen molar-refractivity contribution < 1.29 is 14.3 Å². The van der Waals surface area contributed by atoms with Crippen LogP contribution in [0.2, 0.25) is 0 Å². The SMILES string of the molecule is Cc1ccc(-c2cc(C(=O)Nc3sc4c(c3C(=O)OC(C)C)CCCC4)c3ccccc3n2)cc1. The van der Waals surface area contributed by atoms with E-state index in [9.17, 15) is 9.59 Å². The van der Waals surface area contributed by atoms with E-state index >= 15 is 0 Å². The molecule has 0 unspecified atom stereocenters. The lowest BCUT2D eigenvalue weighted by molar-refractivity contribution is 0.0378. The largest absolute Gasteiger partial charge is 0.459 e. The summed E-state index contributed by atoms with van der Waals surface area (Å²) < 4.78 is 5.55. The second-order valence-electron chi connectivity index (χ2n) is 9.26. The third kappa shape index (κ3) is 4.71. The molecule has 1 N–H and O–H groups in total. The minimum Gasteiger partial charge on any atom is -0.459 e. The first-order valence-electron chi connectivity index (χ1n) is 12.0. The molecule has 1 aliphatic carbocycles.